The highest BCUT2D eigenvalue weighted by atomic mass is 19.1. The second-order valence-corrected chi connectivity index (χ2v) is 3.49. The molecule has 1 aromatic carbocycles. The minimum Gasteiger partial charge on any atom is -0.379 e. The molecule has 0 aliphatic carbocycles. The highest BCUT2D eigenvalue weighted by molar-refractivity contribution is 5.99. The van der Waals surface area contributed by atoms with E-state index >= 15 is 0 Å². The van der Waals surface area contributed by atoms with Crippen molar-refractivity contribution in [2.75, 3.05) is 11.1 Å². The number of oxime groups is 1. The Morgan fingerprint density at radius 3 is 2.65 bits per heavy atom. The van der Waals surface area contributed by atoms with Crippen LogP contribution in [0, 0.1) is 5.82 Å². The van der Waals surface area contributed by atoms with Crippen LogP contribution < -0.4 is 16.8 Å². The fourth-order valence-corrected chi connectivity index (χ4v) is 1.18. The number of aromatic nitrogens is 2. The van der Waals surface area contributed by atoms with E-state index in [1.165, 1.54) is 24.3 Å². The largest absolute Gasteiger partial charge is 0.437 e. The molecular weight excluding hydrogens is 271 g/mol. The van der Waals surface area contributed by atoms with E-state index in [2.05, 4.69) is 30.3 Å². The van der Waals surface area contributed by atoms with Gasteiger partial charge in [0.05, 0.1) is 0 Å². The third kappa shape index (κ3) is 3.19. The molecule has 1 aromatic heterocycles. The van der Waals surface area contributed by atoms with Crippen LogP contribution in [0.15, 0.2) is 34.1 Å². The molecule has 0 radical (unpaired) electrons. The number of nitrogen functional groups attached to an aromatic ring is 1. The van der Waals surface area contributed by atoms with Crippen LogP contribution in [-0.4, -0.2) is 22.2 Å². The van der Waals surface area contributed by atoms with Crippen molar-refractivity contribution in [1.82, 2.24) is 10.3 Å². The van der Waals surface area contributed by atoms with Crippen LogP contribution in [0.1, 0.15) is 5.69 Å². The summed E-state index contributed by atoms with van der Waals surface area (Å²) in [6.45, 7) is 0. The third-order valence-corrected chi connectivity index (χ3v) is 2.07. The van der Waals surface area contributed by atoms with Gasteiger partial charge in [-0.05, 0) is 34.6 Å². The molecule has 2 aromatic rings. The predicted molar refractivity (Wildman–Crippen MR) is 65.9 cm³/mol. The van der Waals surface area contributed by atoms with Gasteiger partial charge in [-0.1, -0.05) is 5.16 Å². The van der Waals surface area contributed by atoms with Gasteiger partial charge in [-0.25, -0.2) is 13.8 Å². The van der Waals surface area contributed by atoms with E-state index in [-0.39, 0.29) is 17.3 Å². The van der Waals surface area contributed by atoms with E-state index in [0.29, 0.717) is 5.69 Å². The van der Waals surface area contributed by atoms with E-state index in [9.17, 15) is 9.18 Å². The average Bonchev–Trinajstić information content (AvgIpc) is 2.85. The Bertz CT molecular complexity index is 639. The Morgan fingerprint density at radius 1 is 1.35 bits per heavy atom. The van der Waals surface area contributed by atoms with Crippen molar-refractivity contribution in [3.8, 4) is 0 Å². The molecule has 0 atom stereocenters. The molecule has 0 aliphatic heterocycles. The van der Waals surface area contributed by atoms with Gasteiger partial charge in [-0.15, -0.1) is 0 Å². The van der Waals surface area contributed by atoms with E-state index in [0.717, 1.165) is 0 Å². The number of carbonyl (C=O) groups excluding carboxylic acids is 1. The topological polar surface area (TPSA) is 142 Å². The summed E-state index contributed by atoms with van der Waals surface area (Å²) in [7, 11) is 0. The monoisotopic (exact) mass is 280 g/mol. The number of nitrogens with zero attached hydrogens (tertiary/aromatic N) is 3. The Hall–Kier alpha value is -3.17. The second-order valence-electron chi connectivity index (χ2n) is 3.49. The number of hydrogen-bond donors (Lipinski definition) is 3. The lowest BCUT2D eigenvalue weighted by molar-refractivity contribution is 0.166. The zero-order chi connectivity index (χ0) is 14.5. The molecule has 0 bridgehead atoms. The molecule has 0 spiro atoms. The number of amides is 1. The Kier molecular flexibility index (Phi) is 3.75. The molecule has 0 aliphatic rings. The molecular formula is C10H9FN6O3. The summed E-state index contributed by atoms with van der Waals surface area (Å²) in [5.74, 6) is -0.799. The SMILES string of the molecule is N/C(=N\OC(=O)Nc1ccc(F)cc1)c1nonc1N. The molecule has 1 amide bonds. The summed E-state index contributed by atoms with van der Waals surface area (Å²) < 4.78 is 17.0. The first-order chi connectivity index (χ1) is 9.56. The predicted octanol–water partition coefficient (Wildman–Crippen LogP) is 0.660. The van der Waals surface area contributed by atoms with Crippen LogP contribution in [0.4, 0.5) is 20.7 Å². The van der Waals surface area contributed by atoms with Gasteiger partial charge < -0.3 is 11.5 Å². The highest BCUT2D eigenvalue weighted by Gasteiger charge is 2.12. The molecule has 0 saturated carbocycles. The van der Waals surface area contributed by atoms with Gasteiger partial charge in [-0.2, -0.15) is 0 Å². The minimum atomic E-state index is -0.922. The summed E-state index contributed by atoms with van der Waals surface area (Å²) in [5, 5.41) is 12.3. The first-order valence-electron chi connectivity index (χ1n) is 5.21. The van der Waals surface area contributed by atoms with Crippen molar-refractivity contribution >= 4 is 23.4 Å². The second kappa shape index (κ2) is 5.65. The first-order valence-corrected chi connectivity index (χ1v) is 5.21. The van der Waals surface area contributed by atoms with Crippen molar-refractivity contribution in [3.05, 3.63) is 35.8 Å². The fraction of sp³-hybridized carbons (Fsp3) is 0. The normalized spacial score (nSPS) is 11.2. The lowest BCUT2D eigenvalue weighted by Gasteiger charge is -2.02. The Morgan fingerprint density at radius 2 is 2.05 bits per heavy atom. The highest BCUT2D eigenvalue weighted by Crippen LogP contribution is 2.09. The quantitative estimate of drug-likeness (QED) is 0.324. The number of carbonyl (C=O) groups is 1. The van der Waals surface area contributed by atoms with Gasteiger partial charge in [0.15, 0.2) is 17.3 Å². The molecule has 10 heteroatoms. The van der Waals surface area contributed by atoms with Crippen LogP contribution in [0.5, 0.6) is 0 Å². The third-order valence-electron chi connectivity index (χ3n) is 2.07. The smallest absolute Gasteiger partial charge is 0.379 e. The zero-order valence-electron chi connectivity index (χ0n) is 9.91. The number of rotatable bonds is 3. The standard InChI is InChI=1S/C10H9FN6O3/c11-5-1-3-6(4-2-5)14-10(18)19-16-8(12)7-9(13)17-20-15-7/h1-4H,(H2,12,16)(H2,13,17)(H,14,18). The number of hydrogen-bond acceptors (Lipinski definition) is 7. The van der Waals surface area contributed by atoms with Crippen molar-refractivity contribution in [2.24, 2.45) is 10.9 Å². The molecule has 20 heavy (non-hydrogen) atoms. The van der Waals surface area contributed by atoms with E-state index < -0.39 is 11.9 Å². The van der Waals surface area contributed by atoms with Crippen LogP contribution in [-0.2, 0) is 4.84 Å². The molecule has 9 nitrogen and oxygen atoms in total. The Balaban J connectivity index is 1.95. The maximum Gasteiger partial charge on any atom is 0.437 e. The van der Waals surface area contributed by atoms with Crippen molar-refractivity contribution in [3.63, 3.8) is 0 Å². The van der Waals surface area contributed by atoms with Crippen LogP contribution in [0.2, 0.25) is 0 Å². The van der Waals surface area contributed by atoms with Gasteiger partial charge in [0.25, 0.3) is 0 Å². The van der Waals surface area contributed by atoms with Gasteiger partial charge >= 0.3 is 6.09 Å². The number of nitrogens with two attached hydrogens (primary N) is 2. The summed E-state index contributed by atoms with van der Waals surface area (Å²) in [5.41, 5.74) is 11.1. The van der Waals surface area contributed by atoms with Crippen LogP contribution >= 0.6 is 0 Å². The summed E-state index contributed by atoms with van der Waals surface area (Å²) in [6, 6.07) is 5.05. The van der Waals surface area contributed by atoms with Crippen molar-refractivity contribution in [1.29, 1.82) is 0 Å². The van der Waals surface area contributed by atoms with E-state index in [1.807, 2.05) is 0 Å². The van der Waals surface area contributed by atoms with Crippen molar-refractivity contribution < 1.29 is 18.7 Å². The van der Waals surface area contributed by atoms with Gasteiger partial charge in [0, 0.05) is 5.69 Å². The van der Waals surface area contributed by atoms with Gasteiger partial charge in [-0.3, -0.25) is 10.2 Å². The van der Waals surface area contributed by atoms with Gasteiger partial charge in [0.1, 0.15) is 5.82 Å². The molecule has 0 unspecified atom stereocenters. The number of benzene rings is 1. The maximum atomic E-state index is 12.7. The van der Waals surface area contributed by atoms with Crippen LogP contribution in [0.25, 0.3) is 0 Å². The molecule has 104 valence electrons. The number of nitrogens with one attached hydrogen (secondary N) is 1. The number of anilines is 2. The van der Waals surface area contributed by atoms with Gasteiger partial charge in [0.2, 0.25) is 0 Å². The minimum absolute atomic E-state index is 0.0421. The molecule has 2 rings (SSSR count). The fourth-order valence-electron chi connectivity index (χ4n) is 1.18. The maximum absolute atomic E-state index is 12.7. The van der Waals surface area contributed by atoms with E-state index in [1.54, 1.807) is 0 Å². The molecule has 0 fully saturated rings. The summed E-state index contributed by atoms with van der Waals surface area (Å²) in [6.07, 6.45) is -0.922. The Labute approximate surface area is 111 Å². The average molecular weight is 280 g/mol. The number of halogens is 1. The first kappa shape index (κ1) is 13.3. The molecule has 0 saturated heterocycles. The lowest BCUT2D eigenvalue weighted by atomic mass is 10.3. The number of amidine groups is 1. The summed E-state index contributed by atoms with van der Waals surface area (Å²) >= 11 is 0. The molecule has 1 heterocycles. The lowest BCUT2D eigenvalue weighted by Crippen LogP contribution is -2.19. The van der Waals surface area contributed by atoms with E-state index in [4.69, 9.17) is 11.5 Å². The summed E-state index contributed by atoms with van der Waals surface area (Å²) in [4.78, 5) is 15.8. The molecule has 5 N–H and O–H groups in total. The van der Waals surface area contributed by atoms with Crippen molar-refractivity contribution in [2.45, 2.75) is 0 Å². The van der Waals surface area contributed by atoms with Crippen LogP contribution in [0.3, 0.4) is 0 Å². The zero-order valence-corrected chi connectivity index (χ0v) is 9.91.